The average molecular weight is 363 g/mol. The topological polar surface area (TPSA) is 15.3 Å². The standard InChI is InChI=1S/C18H22N2S3/c1-12-10-18(2,3)20(5)15-7-6-13(8-14(12)15)9-16(23-11-21)17(22)19-4/h6-11H,1-5H3,(H,19,22)/b16-9-. The fraction of sp³-hybridized carbons (Fsp3) is 0.333. The molecule has 2 rings (SSSR count). The molecule has 0 aliphatic carbocycles. The lowest BCUT2D eigenvalue weighted by molar-refractivity contribution is 0.598. The van der Waals surface area contributed by atoms with Crippen LogP contribution in [-0.4, -0.2) is 29.3 Å². The van der Waals surface area contributed by atoms with Gasteiger partial charge < -0.3 is 10.2 Å². The first-order valence-electron chi connectivity index (χ1n) is 7.42. The van der Waals surface area contributed by atoms with Crippen LogP contribution in [0.2, 0.25) is 0 Å². The lowest BCUT2D eigenvalue weighted by atomic mass is 9.88. The Hall–Kier alpha value is -1.17. The molecule has 122 valence electrons. The number of hydrogen-bond donors (Lipinski definition) is 1. The Morgan fingerprint density at radius 1 is 1.35 bits per heavy atom. The van der Waals surface area contributed by atoms with Crippen LogP contribution in [-0.2, 0) is 0 Å². The molecule has 1 aliphatic rings. The fourth-order valence-corrected chi connectivity index (χ4v) is 3.78. The number of allylic oxidation sites excluding steroid dienone is 1. The maximum Gasteiger partial charge on any atom is 0.113 e. The van der Waals surface area contributed by atoms with Crippen LogP contribution in [0.25, 0.3) is 11.6 Å². The van der Waals surface area contributed by atoms with Gasteiger partial charge in [-0.2, -0.15) is 0 Å². The van der Waals surface area contributed by atoms with E-state index in [1.165, 1.54) is 28.6 Å². The van der Waals surface area contributed by atoms with Gasteiger partial charge in [-0.1, -0.05) is 48.3 Å². The summed E-state index contributed by atoms with van der Waals surface area (Å²) in [5.41, 5.74) is 4.98. The smallest absolute Gasteiger partial charge is 0.113 e. The largest absolute Gasteiger partial charge is 0.378 e. The van der Waals surface area contributed by atoms with Crippen molar-refractivity contribution in [2.45, 2.75) is 26.3 Å². The molecule has 1 aromatic carbocycles. The molecule has 0 spiro atoms. The molecule has 1 N–H and O–H groups in total. The first-order chi connectivity index (χ1) is 10.8. The Morgan fingerprint density at radius 2 is 2.04 bits per heavy atom. The Kier molecular flexibility index (Phi) is 5.65. The van der Waals surface area contributed by atoms with Crippen molar-refractivity contribution in [1.82, 2.24) is 5.32 Å². The highest BCUT2D eigenvalue weighted by molar-refractivity contribution is 8.24. The van der Waals surface area contributed by atoms with E-state index < -0.39 is 0 Å². The molecule has 23 heavy (non-hydrogen) atoms. The molecule has 0 atom stereocenters. The van der Waals surface area contributed by atoms with Crippen LogP contribution in [0.5, 0.6) is 0 Å². The summed E-state index contributed by atoms with van der Waals surface area (Å²) in [4.78, 5) is 3.98. The average Bonchev–Trinajstić information content (AvgIpc) is 2.51. The third kappa shape index (κ3) is 3.84. The van der Waals surface area contributed by atoms with Gasteiger partial charge in [0.2, 0.25) is 0 Å². The van der Waals surface area contributed by atoms with Gasteiger partial charge in [-0.25, -0.2) is 0 Å². The number of benzene rings is 1. The van der Waals surface area contributed by atoms with Crippen molar-refractivity contribution in [3.05, 3.63) is 40.3 Å². The molecule has 1 heterocycles. The maximum absolute atomic E-state index is 5.35. The number of thiocarbonyl (C=S) groups is 2. The Labute approximate surface area is 154 Å². The number of thioether (sulfide) groups is 1. The van der Waals surface area contributed by atoms with E-state index in [1.807, 2.05) is 7.05 Å². The van der Waals surface area contributed by atoms with E-state index in [0.29, 0.717) is 4.99 Å². The van der Waals surface area contributed by atoms with Gasteiger partial charge in [0.1, 0.15) is 4.99 Å². The molecule has 0 aromatic heterocycles. The first-order valence-corrected chi connectivity index (χ1v) is 9.18. The molecule has 0 saturated carbocycles. The number of nitrogens with zero attached hydrogens (tertiary/aromatic N) is 1. The molecule has 0 saturated heterocycles. The zero-order valence-electron chi connectivity index (χ0n) is 14.1. The molecule has 0 radical (unpaired) electrons. The van der Waals surface area contributed by atoms with Gasteiger partial charge in [0.25, 0.3) is 0 Å². The van der Waals surface area contributed by atoms with Crippen molar-refractivity contribution >= 4 is 63.2 Å². The van der Waals surface area contributed by atoms with Crippen molar-refractivity contribution in [2.24, 2.45) is 0 Å². The van der Waals surface area contributed by atoms with E-state index in [1.54, 1.807) is 4.70 Å². The number of likely N-dealkylation sites (N-methyl/N-ethyl adjacent to an activating group) is 2. The van der Waals surface area contributed by atoms with Gasteiger partial charge >= 0.3 is 0 Å². The lowest BCUT2D eigenvalue weighted by Gasteiger charge is -2.40. The molecule has 0 unspecified atom stereocenters. The second-order valence-electron chi connectivity index (χ2n) is 6.12. The summed E-state index contributed by atoms with van der Waals surface area (Å²) in [7, 11) is 3.97. The van der Waals surface area contributed by atoms with Crippen molar-refractivity contribution in [2.75, 3.05) is 19.0 Å². The highest BCUT2D eigenvalue weighted by Gasteiger charge is 2.28. The zero-order valence-corrected chi connectivity index (χ0v) is 16.6. The highest BCUT2D eigenvalue weighted by atomic mass is 32.2. The third-order valence-corrected chi connectivity index (χ3v) is 5.68. The Morgan fingerprint density at radius 3 is 2.65 bits per heavy atom. The van der Waals surface area contributed by atoms with Crippen molar-refractivity contribution < 1.29 is 0 Å². The Bertz CT molecular complexity index is 702. The summed E-state index contributed by atoms with van der Waals surface area (Å²) in [6.07, 6.45) is 4.40. The summed E-state index contributed by atoms with van der Waals surface area (Å²) in [5.74, 6) is 0. The maximum atomic E-state index is 5.35. The number of hydrogen-bond acceptors (Lipinski definition) is 4. The lowest BCUT2D eigenvalue weighted by Crippen LogP contribution is -2.42. The summed E-state index contributed by atoms with van der Waals surface area (Å²) >= 11 is 11.8. The van der Waals surface area contributed by atoms with Crippen molar-refractivity contribution in [1.29, 1.82) is 0 Å². The quantitative estimate of drug-likeness (QED) is 0.604. The second-order valence-corrected chi connectivity index (χ2v) is 7.97. The predicted molar refractivity (Wildman–Crippen MR) is 113 cm³/mol. The number of anilines is 1. The minimum atomic E-state index is 0.0282. The van der Waals surface area contributed by atoms with E-state index in [4.69, 9.17) is 24.4 Å². The van der Waals surface area contributed by atoms with E-state index in [9.17, 15) is 0 Å². The molecule has 1 aromatic rings. The molecule has 2 nitrogen and oxygen atoms in total. The van der Waals surface area contributed by atoms with Gasteiger partial charge in [0.05, 0.1) is 5.54 Å². The normalized spacial score (nSPS) is 16.5. The monoisotopic (exact) mass is 362 g/mol. The molecule has 0 bridgehead atoms. The van der Waals surface area contributed by atoms with E-state index in [-0.39, 0.29) is 5.54 Å². The van der Waals surface area contributed by atoms with Crippen LogP contribution < -0.4 is 10.2 Å². The van der Waals surface area contributed by atoms with E-state index in [0.717, 1.165) is 10.5 Å². The minimum absolute atomic E-state index is 0.0282. The van der Waals surface area contributed by atoms with E-state index >= 15 is 0 Å². The van der Waals surface area contributed by atoms with Gasteiger partial charge in [0, 0.05) is 35.0 Å². The SMILES string of the molecule is CNC(=S)/C(=C/c1ccc2c(c1)C(C)=CC(C)(C)N2C)SC=S. The molecule has 5 heteroatoms. The number of rotatable bonds is 4. The van der Waals surface area contributed by atoms with Crippen LogP contribution in [0, 0.1) is 0 Å². The Balaban J connectivity index is 2.48. The number of fused-ring (bicyclic) bond motifs is 1. The van der Waals surface area contributed by atoms with Gasteiger partial charge in [-0.15, -0.1) is 0 Å². The van der Waals surface area contributed by atoms with Gasteiger partial charge in [-0.05, 0) is 50.1 Å². The van der Waals surface area contributed by atoms with Crippen LogP contribution >= 0.6 is 36.2 Å². The van der Waals surface area contributed by atoms with Crippen LogP contribution in [0.15, 0.2) is 29.2 Å². The van der Waals surface area contributed by atoms with Gasteiger partial charge in [0.15, 0.2) is 0 Å². The highest BCUT2D eigenvalue weighted by Crippen LogP contribution is 2.38. The summed E-state index contributed by atoms with van der Waals surface area (Å²) in [6.45, 7) is 6.63. The first kappa shape index (κ1) is 18.2. The molecule has 1 aliphatic heterocycles. The van der Waals surface area contributed by atoms with Crippen LogP contribution in [0.1, 0.15) is 31.9 Å². The zero-order chi connectivity index (χ0) is 17.2. The van der Waals surface area contributed by atoms with Crippen molar-refractivity contribution in [3.63, 3.8) is 0 Å². The van der Waals surface area contributed by atoms with Crippen LogP contribution in [0.4, 0.5) is 5.69 Å². The summed E-state index contributed by atoms with van der Waals surface area (Å²) in [6, 6.07) is 6.53. The molecular weight excluding hydrogens is 340 g/mol. The molecule has 0 fully saturated rings. The summed E-state index contributed by atoms with van der Waals surface area (Å²) < 4.78 is 1.63. The number of nitrogens with one attached hydrogen (secondary N) is 1. The fourth-order valence-electron chi connectivity index (χ4n) is 2.75. The molecular formula is C18H22N2S3. The second kappa shape index (κ2) is 7.16. The van der Waals surface area contributed by atoms with E-state index in [2.05, 4.69) is 68.4 Å². The third-order valence-electron chi connectivity index (χ3n) is 4.16. The molecule has 0 amide bonds. The van der Waals surface area contributed by atoms with Crippen molar-refractivity contribution in [3.8, 4) is 0 Å². The van der Waals surface area contributed by atoms with Gasteiger partial charge in [-0.3, -0.25) is 0 Å². The van der Waals surface area contributed by atoms with Crippen LogP contribution in [0.3, 0.4) is 0 Å². The predicted octanol–water partition coefficient (Wildman–Crippen LogP) is 4.90. The summed E-state index contributed by atoms with van der Waals surface area (Å²) in [5, 5.41) is 3.02. The minimum Gasteiger partial charge on any atom is -0.378 e.